The maximum absolute atomic E-state index is 13.3. The maximum atomic E-state index is 13.3. The highest BCUT2D eigenvalue weighted by atomic mass is 16.5. The van der Waals surface area contributed by atoms with Crippen molar-refractivity contribution in [1.29, 1.82) is 0 Å². The number of hydrogen-bond donors (Lipinski definition) is 2. The molecule has 8 unspecified atom stereocenters. The molecule has 60 heavy (non-hydrogen) atoms. The van der Waals surface area contributed by atoms with Crippen molar-refractivity contribution in [3.8, 4) is 0 Å². The van der Waals surface area contributed by atoms with Crippen LogP contribution in [0.4, 0.5) is 0 Å². The van der Waals surface area contributed by atoms with Crippen molar-refractivity contribution in [3.05, 3.63) is 69.3 Å². The van der Waals surface area contributed by atoms with E-state index in [2.05, 4.69) is 65.4 Å². The number of aromatic nitrogens is 4. The van der Waals surface area contributed by atoms with Gasteiger partial charge in [0.2, 0.25) is 0 Å². The molecule has 0 aromatic carbocycles. The molecule has 8 atom stereocenters. The zero-order valence-electron chi connectivity index (χ0n) is 36.4. The quantitative estimate of drug-likeness (QED) is 0.115. The lowest BCUT2D eigenvalue weighted by atomic mass is 10.0. The van der Waals surface area contributed by atoms with Crippen LogP contribution in [0.2, 0.25) is 0 Å². The van der Waals surface area contributed by atoms with E-state index in [0.29, 0.717) is 22.8 Å². The third-order valence-electron chi connectivity index (χ3n) is 15.3. The Hall–Kier alpha value is -5.52. The van der Waals surface area contributed by atoms with E-state index < -0.39 is 45.3 Å². The molecule has 8 bridgehead atoms. The minimum Gasteiger partial charge on any atom is -0.469 e. The Bertz CT molecular complexity index is 2310. The van der Waals surface area contributed by atoms with Crippen LogP contribution in [0.25, 0.3) is 46.4 Å². The van der Waals surface area contributed by atoms with Crippen LogP contribution >= 0.6 is 0 Å². The Labute approximate surface area is 349 Å². The van der Waals surface area contributed by atoms with E-state index in [1.165, 1.54) is 28.4 Å². The highest BCUT2D eigenvalue weighted by Crippen LogP contribution is 2.69. The number of methoxy groups -OCH3 is 4. The first kappa shape index (κ1) is 39.9. The first-order valence-electron chi connectivity index (χ1n) is 20.8. The number of ether oxygens (including phenoxy) is 4. The zero-order valence-corrected chi connectivity index (χ0v) is 36.4. The SMILES string of the molecule is COC(=O)C1C(c2c3nc(c(C4C(C(=O)OC)C4(C)C)c4ccc([nH]4)c(C4C(C(=O)OC)C4(C)C)c4nc(c(C5C(C(=O)OC)C5(C)C)c5ccc2[nH]5)C=C4)C=C3)C1(C)C. The number of rotatable bonds is 8. The van der Waals surface area contributed by atoms with Crippen molar-refractivity contribution in [3.63, 3.8) is 0 Å². The van der Waals surface area contributed by atoms with Crippen LogP contribution in [0.3, 0.4) is 0 Å². The van der Waals surface area contributed by atoms with Crippen LogP contribution in [0.5, 0.6) is 0 Å². The van der Waals surface area contributed by atoms with Crippen molar-refractivity contribution in [2.75, 3.05) is 28.4 Å². The van der Waals surface area contributed by atoms with Gasteiger partial charge in [-0.15, -0.1) is 0 Å². The van der Waals surface area contributed by atoms with Crippen molar-refractivity contribution < 1.29 is 38.1 Å². The summed E-state index contributed by atoms with van der Waals surface area (Å²) in [6.45, 7) is 16.6. The van der Waals surface area contributed by atoms with Crippen molar-refractivity contribution in [2.45, 2.75) is 79.1 Å². The van der Waals surface area contributed by atoms with Gasteiger partial charge in [0, 0.05) is 68.0 Å². The smallest absolute Gasteiger partial charge is 0.309 e. The molecule has 0 saturated heterocycles. The molecular formula is C48H54N4O8. The van der Waals surface area contributed by atoms with Crippen molar-refractivity contribution in [2.24, 2.45) is 45.3 Å². The maximum Gasteiger partial charge on any atom is 0.309 e. The third-order valence-corrected chi connectivity index (χ3v) is 15.3. The molecule has 0 amide bonds. The lowest BCUT2D eigenvalue weighted by Crippen LogP contribution is -2.07. The number of nitrogens with zero attached hydrogens (tertiary/aromatic N) is 2. The second-order valence-electron chi connectivity index (χ2n) is 19.9. The summed E-state index contributed by atoms with van der Waals surface area (Å²) in [6.07, 6.45) is 7.98. The molecule has 2 aliphatic heterocycles. The fourth-order valence-corrected chi connectivity index (χ4v) is 11.6. The summed E-state index contributed by atoms with van der Waals surface area (Å²) < 4.78 is 21.3. The second-order valence-corrected chi connectivity index (χ2v) is 19.9. The average molecular weight is 815 g/mol. The van der Waals surface area contributed by atoms with Crippen LogP contribution < -0.4 is 0 Å². The monoisotopic (exact) mass is 814 g/mol. The topological polar surface area (TPSA) is 163 Å². The van der Waals surface area contributed by atoms with Crippen LogP contribution in [0.1, 0.15) is 124 Å². The lowest BCUT2D eigenvalue weighted by molar-refractivity contribution is -0.143. The first-order chi connectivity index (χ1) is 28.3. The third kappa shape index (κ3) is 5.54. The van der Waals surface area contributed by atoms with Crippen LogP contribution in [-0.2, 0) is 38.1 Å². The molecule has 3 aromatic rings. The number of aromatic amines is 2. The van der Waals surface area contributed by atoms with E-state index in [1.54, 1.807) is 0 Å². The van der Waals surface area contributed by atoms with Crippen molar-refractivity contribution >= 4 is 70.2 Å². The summed E-state index contributed by atoms with van der Waals surface area (Å²) in [5, 5.41) is 0. The van der Waals surface area contributed by atoms with Gasteiger partial charge in [0.1, 0.15) is 0 Å². The van der Waals surface area contributed by atoms with Gasteiger partial charge < -0.3 is 28.9 Å². The van der Waals surface area contributed by atoms with Gasteiger partial charge in [0.05, 0.1) is 74.9 Å². The van der Waals surface area contributed by atoms with E-state index >= 15 is 0 Å². The summed E-state index contributed by atoms with van der Waals surface area (Å²) in [7, 11) is 5.68. The first-order valence-corrected chi connectivity index (χ1v) is 20.8. The normalized spacial score (nSPS) is 29.0. The summed E-state index contributed by atoms with van der Waals surface area (Å²) in [5.74, 6) is -3.65. The fraction of sp³-hybridized carbons (Fsp3) is 0.500. The summed E-state index contributed by atoms with van der Waals surface area (Å²) in [4.78, 5) is 71.6. The largest absolute Gasteiger partial charge is 0.469 e. The summed E-state index contributed by atoms with van der Waals surface area (Å²) >= 11 is 0. The average Bonchev–Trinajstić information content (AvgIpc) is 3.84. The Morgan fingerprint density at radius 2 is 0.617 bits per heavy atom. The molecule has 12 nitrogen and oxygen atoms in total. The molecule has 4 saturated carbocycles. The minimum absolute atomic E-state index is 0.229. The summed E-state index contributed by atoms with van der Waals surface area (Å²) in [6, 6.07) is 8.10. The van der Waals surface area contributed by atoms with Gasteiger partial charge in [-0.2, -0.15) is 0 Å². The number of carbonyl (C=O) groups excluding carboxylic acids is 4. The molecule has 12 heteroatoms. The van der Waals surface area contributed by atoms with Gasteiger partial charge in [-0.05, 0) is 70.2 Å². The van der Waals surface area contributed by atoms with Gasteiger partial charge in [-0.25, -0.2) is 9.97 Å². The summed E-state index contributed by atoms with van der Waals surface area (Å²) in [5.41, 5.74) is 7.75. The van der Waals surface area contributed by atoms with Gasteiger partial charge in [0.25, 0.3) is 0 Å². The van der Waals surface area contributed by atoms with E-state index in [9.17, 15) is 19.2 Å². The molecule has 3 aromatic heterocycles. The molecule has 9 rings (SSSR count). The highest BCUT2D eigenvalue weighted by molar-refractivity contribution is 5.91. The Kier molecular flexibility index (Phi) is 8.64. The Morgan fingerprint density at radius 3 is 0.800 bits per heavy atom. The molecule has 6 aliphatic rings. The molecular weight excluding hydrogens is 761 g/mol. The van der Waals surface area contributed by atoms with Crippen molar-refractivity contribution in [1.82, 2.24) is 19.9 Å². The number of H-pyrrole nitrogens is 2. The Balaban J connectivity index is 1.41. The predicted molar refractivity (Wildman–Crippen MR) is 227 cm³/mol. The molecule has 5 heterocycles. The second kappa shape index (κ2) is 13.0. The number of fused-ring (bicyclic) bond motifs is 8. The molecule has 0 radical (unpaired) electrons. The van der Waals surface area contributed by atoms with Crippen LogP contribution in [0, 0.1) is 45.3 Å². The van der Waals surface area contributed by atoms with Crippen LogP contribution in [-0.4, -0.2) is 72.3 Å². The minimum atomic E-state index is -0.433. The highest BCUT2D eigenvalue weighted by Gasteiger charge is 2.67. The fourth-order valence-electron chi connectivity index (χ4n) is 11.6. The lowest BCUT2D eigenvalue weighted by Gasteiger charge is -2.08. The van der Waals surface area contributed by atoms with E-state index in [-0.39, 0.29) is 47.5 Å². The number of nitrogens with one attached hydrogen (secondary N) is 2. The van der Waals surface area contributed by atoms with Gasteiger partial charge in [-0.1, -0.05) is 55.4 Å². The standard InChI is InChI=1S/C48H54N4O8/c1-45(2)33(37(45)41(53)57-9)29-21-13-15-23(49-21)30(34-38(42(54)58-10)46(34,3)4)25-17-19-27(51-25)32(36-40(44(56)60-12)48(36,7)8)28-20-18-26(52-28)31(24-16-14-22(29)50-24)35-39(43(55)59-11)47(35,5)6/h13-20,33-40,49,52H,1-12H3. The number of carbonyl (C=O) groups is 4. The zero-order chi connectivity index (χ0) is 43.2. The predicted octanol–water partition coefficient (Wildman–Crippen LogP) is 8.31. The Morgan fingerprint density at radius 1 is 0.417 bits per heavy atom. The molecule has 4 aliphatic carbocycles. The molecule has 2 N–H and O–H groups in total. The van der Waals surface area contributed by atoms with Gasteiger partial charge in [-0.3, -0.25) is 19.2 Å². The molecule has 4 fully saturated rings. The number of esters is 4. The van der Waals surface area contributed by atoms with E-state index in [4.69, 9.17) is 28.9 Å². The van der Waals surface area contributed by atoms with E-state index in [1.807, 2.05) is 48.6 Å². The number of hydrogen-bond acceptors (Lipinski definition) is 10. The van der Waals surface area contributed by atoms with Gasteiger partial charge >= 0.3 is 23.9 Å². The molecule has 314 valence electrons. The van der Waals surface area contributed by atoms with Gasteiger partial charge in [0.15, 0.2) is 0 Å². The molecule has 0 spiro atoms. The van der Waals surface area contributed by atoms with Crippen LogP contribution in [0.15, 0.2) is 24.3 Å². The van der Waals surface area contributed by atoms with E-state index in [0.717, 1.165) is 44.3 Å².